The van der Waals surface area contributed by atoms with Gasteiger partial charge in [0.15, 0.2) is 0 Å². The van der Waals surface area contributed by atoms with Gasteiger partial charge in [0.1, 0.15) is 17.4 Å². The van der Waals surface area contributed by atoms with Gasteiger partial charge in [-0.05, 0) is 49.2 Å². The van der Waals surface area contributed by atoms with Gasteiger partial charge in [-0.25, -0.2) is 4.39 Å². The number of nitrogens with one attached hydrogen (secondary N) is 1. The Morgan fingerprint density at radius 2 is 2.00 bits per heavy atom. The van der Waals surface area contributed by atoms with Crippen molar-refractivity contribution in [1.29, 1.82) is 0 Å². The van der Waals surface area contributed by atoms with Crippen LogP contribution in [0.25, 0.3) is 5.69 Å². The van der Waals surface area contributed by atoms with Gasteiger partial charge in [0.25, 0.3) is 5.56 Å². The number of aromatic nitrogens is 2. The number of carbonyl (C=O) groups excluding carboxylic acids is 1. The van der Waals surface area contributed by atoms with Gasteiger partial charge >= 0.3 is 0 Å². The first kappa shape index (κ1) is 19.9. The molecule has 8 heteroatoms. The molecule has 3 heterocycles. The first-order valence-corrected chi connectivity index (χ1v) is 10.0. The Balaban J connectivity index is 1.35. The Morgan fingerprint density at radius 3 is 2.73 bits per heavy atom. The number of nitrogens with zero attached hydrogens (tertiary/aromatic N) is 3. The Morgan fingerprint density at radius 1 is 1.17 bits per heavy atom. The molecule has 0 bridgehead atoms. The monoisotopic (exact) mass is 410 g/mol. The number of anilines is 1. The molecule has 1 amide bonds. The smallest absolute Gasteiger partial charge is 0.271 e. The summed E-state index contributed by atoms with van der Waals surface area (Å²) < 4.78 is 20.0. The van der Waals surface area contributed by atoms with E-state index < -0.39 is 5.82 Å². The molecule has 1 N–H and O–H groups in total. The summed E-state index contributed by atoms with van der Waals surface area (Å²) in [7, 11) is 0. The second-order valence-corrected chi connectivity index (χ2v) is 7.30. The van der Waals surface area contributed by atoms with E-state index in [9.17, 15) is 14.0 Å². The quantitative estimate of drug-likeness (QED) is 0.676. The number of furan rings is 1. The molecule has 0 unspecified atom stereocenters. The lowest BCUT2D eigenvalue weighted by Gasteiger charge is -2.32. The Labute approximate surface area is 173 Å². The van der Waals surface area contributed by atoms with Gasteiger partial charge in [0.2, 0.25) is 5.91 Å². The molecule has 0 spiro atoms. The second kappa shape index (κ2) is 8.94. The predicted octanol–water partition coefficient (Wildman–Crippen LogP) is 2.54. The highest BCUT2D eigenvalue weighted by Gasteiger charge is 2.25. The maximum Gasteiger partial charge on any atom is 0.271 e. The zero-order valence-electron chi connectivity index (χ0n) is 16.5. The van der Waals surface area contributed by atoms with Crippen molar-refractivity contribution in [2.45, 2.75) is 19.3 Å². The van der Waals surface area contributed by atoms with Crippen LogP contribution in [0.15, 0.2) is 64.0 Å². The number of rotatable bonds is 6. The molecule has 0 saturated carbocycles. The van der Waals surface area contributed by atoms with Crippen LogP contribution in [0.4, 0.5) is 10.2 Å². The van der Waals surface area contributed by atoms with E-state index in [2.05, 4.69) is 10.4 Å². The van der Waals surface area contributed by atoms with Gasteiger partial charge in [-0.3, -0.25) is 9.59 Å². The van der Waals surface area contributed by atoms with Crippen LogP contribution in [-0.4, -0.2) is 35.3 Å². The average Bonchev–Trinajstić information content (AvgIpc) is 3.28. The Bertz CT molecular complexity index is 1060. The molecule has 2 aromatic heterocycles. The number of hydrogen-bond acceptors (Lipinski definition) is 5. The number of amides is 1. The van der Waals surface area contributed by atoms with Crippen molar-refractivity contribution in [2.75, 3.05) is 24.5 Å². The van der Waals surface area contributed by atoms with Crippen LogP contribution in [0, 0.1) is 11.7 Å². The lowest BCUT2D eigenvalue weighted by molar-refractivity contribution is -0.125. The fourth-order valence-corrected chi connectivity index (χ4v) is 3.64. The highest BCUT2D eigenvalue weighted by atomic mass is 19.1. The third-order valence-electron chi connectivity index (χ3n) is 5.28. The fraction of sp³-hybridized carbons (Fsp3) is 0.318. The molecule has 7 nitrogen and oxygen atoms in total. The molecule has 0 radical (unpaired) electrons. The van der Waals surface area contributed by atoms with Crippen molar-refractivity contribution >= 4 is 11.7 Å². The summed E-state index contributed by atoms with van der Waals surface area (Å²) in [6.45, 7) is 1.86. The van der Waals surface area contributed by atoms with Gasteiger partial charge in [0, 0.05) is 38.0 Å². The summed E-state index contributed by atoms with van der Waals surface area (Å²) in [4.78, 5) is 26.7. The van der Waals surface area contributed by atoms with Gasteiger partial charge in [-0.1, -0.05) is 6.07 Å². The molecular formula is C22H23FN4O3. The number of piperidine rings is 1. The lowest BCUT2D eigenvalue weighted by Crippen LogP contribution is -2.41. The van der Waals surface area contributed by atoms with E-state index in [-0.39, 0.29) is 17.4 Å². The van der Waals surface area contributed by atoms with Gasteiger partial charge < -0.3 is 14.6 Å². The maximum atomic E-state index is 13.5. The third kappa shape index (κ3) is 4.59. The van der Waals surface area contributed by atoms with Crippen LogP contribution in [-0.2, 0) is 11.2 Å². The molecule has 0 aliphatic carbocycles. The van der Waals surface area contributed by atoms with E-state index in [0.29, 0.717) is 50.4 Å². The van der Waals surface area contributed by atoms with Crippen LogP contribution >= 0.6 is 0 Å². The average molecular weight is 410 g/mol. The second-order valence-electron chi connectivity index (χ2n) is 7.30. The standard InChI is InChI=1S/C22H23FN4O3/c23-17-3-1-4-18(15-17)27-21(28)7-6-20(25-27)26-12-9-16(10-13-26)22(29)24-11-8-19-5-2-14-30-19/h1-7,14-16H,8-13H2,(H,24,29). The Kier molecular flexibility index (Phi) is 5.92. The van der Waals surface area contributed by atoms with E-state index in [0.717, 1.165) is 5.76 Å². The summed E-state index contributed by atoms with van der Waals surface area (Å²) in [5, 5.41) is 7.38. The number of carbonyl (C=O) groups is 1. The summed E-state index contributed by atoms with van der Waals surface area (Å²) in [6.07, 6.45) is 3.70. The zero-order chi connectivity index (χ0) is 20.9. The molecule has 1 saturated heterocycles. The van der Waals surface area contributed by atoms with Crippen LogP contribution in [0.5, 0.6) is 0 Å². The molecule has 1 fully saturated rings. The largest absolute Gasteiger partial charge is 0.469 e. The molecular weight excluding hydrogens is 387 g/mol. The van der Waals surface area contributed by atoms with E-state index in [1.54, 1.807) is 24.5 Å². The fourth-order valence-electron chi connectivity index (χ4n) is 3.64. The minimum atomic E-state index is -0.425. The highest BCUT2D eigenvalue weighted by molar-refractivity contribution is 5.78. The minimum absolute atomic E-state index is 0.0491. The lowest BCUT2D eigenvalue weighted by atomic mass is 9.96. The third-order valence-corrected chi connectivity index (χ3v) is 5.28. The van der Waals surface area contributed by atoms with Gasteiger partial charge in [0.05, 0.1) is 12.0 Å². The molecule has 1 aliphatic rings. The van der Waals surface area contributed by atoms with Crippen molar-refractivity contribution in [1.82, 2.24) is 15.1 Å². The summed E-state index contributed by atoms with van der Waals surface area (Å²) in [6, 6.07) is 12.6. The molecule has 1 aromatic carbocycles. The van der Waals surface area contributed by atoms with Gasteiger partial charge in [-0.2, -0.15) is 4.68 Å². The summed E-state index contributed by atoms with van der Waals surface area (Å²) >= 11 is 0. The zero-order valence-corrected chi connectivity index (χ0v) is 16.5. The van der Waals surface area contributed by atoms with Crippen LogP contribution < -0.4 is 15.8 Å². The van der Waals surface area contributed by atoms with Crippen LogP contribution in [0.2, 0.25) is 0 Å². The summed E-state index contributed by atoms with van der Waals surface area (Å²) in [5.74, 6) is 1.07. The first-order valence-electron chi connectivity index (χ1n) is 10.0. The van der Waals surface area contributed by atoms with Gasteiger partial charge in [-0.15, -0.1) is 5.10 Å². The molecule has 3 aromatic rings. The number of hydrogen-bond donors (Lipinski definition) is 1. The van der Waals surface area contributed by atoms with Crippen molar-refractivity contribution in [3.63, 3.8) is 0 Å². The van der Waals surface area contributed by atoms with Crippen molar-refractivity contribution < 1.29 is 13.6 Å². The highest BCUT2D eigenvalue weighted by Crippen LogP contribution is 2.22. The van der Waals surface area contributed by atoms with Crippen molar-refractivity contribution in [2.24, 2.45) is 5.92 Å². The minimum Gasteiger partial charge on any atom is -0.469 e. The number of halogens is 1. The predicted molar refractivity (Wildman–Crippen MR) is 110 cm³/mol. The topological polar surface area (TPSA) is 80.4 Å². The molecule has 1 aliphatic heterocycles. The summed E-state index contributed by atoms with van der Waals surface area (Å²) in [5.41, 5.74) is 0.0582. The SMILES string of the molecule is O=C(NCCc1ccco1)C1CCN(c2ccc(=O)n(-c3cccc(F)c3)n2)CC1. The van der Waals surface area contributed by atoms with Crippen molar-refractivity contribution in [3.8, 4) is 5.69 Å². The van der Waals surface area contributed by atoms with Crippen LogP contribution in [0.3, 0.4) is 0 Å². The Hall–Kier alpha value is -3.42. The molecule has 30 heavy (non-hydrogen) atoms. The van der Waals surface area contributed by atoms with E-state index in [4.69, 9.17) is 4.42 Å². The van der Waals surface area contributed by atoms with E-state index in [1.807, 2.05) is 17.0 Å². The normalized spacial score (nSPS) is 14.6. The molecule has 0 atom stereocenters. The maximum absolute atomic E-state index is 13.5. The van der Waals surface area contributed by atoms with Crippen LogP contribution in [0.1, 0.15) is 18.6 Å². The first-order chi connectivity index (χ1) is 14.6. The van der Waals surface area contributed by atoms with E-state index >= 15 is 0 Å². The number of benzene rings is 1. The molecule has 4 rings (SSSR count). The molecule has 156 valence electrons. The van der Waals surface area contributed by atoms with Crippen molar-refractivity contribution in [3.05, 3.63) is 76.7 Å². The van der Waals surface area contributed by atoms with E-state index in [1.165, 1.54) is 22.9 Å².